The van der Waals surface area contributed by atoms with Gasteiger partial charge in [-0.25, -0.2) is 0 Å². The van der Waals surface area contributed by atoms with E-state index in [9.17, 15) is 0 Å². The molecule has 2 heterocycles. The van der Waals surface area contributed by atoms with Gasteiger partial charge in [-0.05, 0) is 20.3 Å². The number of ether oxygens (including phenoxy) is 1. The van der Waals surface area contributed by atoms with E-state index in [0.717, 1.165) is 31.9 Å². The number of rotatable bonds is 3. The van der Waals surface area contributed by atoms with Crippen molar-refractivity contribution in [2.24, 2.45) is 7.05 Å². The Morgan fingerprint density at radius 2 is 2.33 bits per heavy atom. The second-order valence-electron chi connectivity index (χ2n) is 4.21. The van der Waals surface area contributed by atoms with Crippen LogP contribution in [-0.2, 0) is 18.3 Å². The smallest absolute Gasteiger partial charge is 0.0641 e. The van der Waals surface area contributed by atoms with Crippen LogP contribution >= 0.6 is 0 Å². The average Bonchev–Trinajstić information content (AvgIpc) is 2.76. The van der Waals surface area contributed by atoms with Crippen LogP contribution in [0.1, 0.15) is 23.4 Å². The number of hydrogen-bond acceptors (Lipinski definition) is 3. The Labute approximate surface area is 90.6 Å². The largest absolute Gasteiger partial charge is 0.380 e. The van der Waals surface area contributed by atoms with Crippen molar-refractivity contribution in [3.63, 3.8) is 0 Å². The molecule has 0 aliphatic carbocycles. The zero-order valence-corrected chi connectivity index (χ0v) is 9.71. The molecular weight excluding hydrogens is 190 g/mol. The lowest BCUT2D eigenvalue weighted by molar-refractivity contribution is 0.190. The van der Waals surface area contributed by atoms with Gasteiger partial charge in [0, 0.05) is 37.5 Å². The summed E-state index contributed by atoms with van der Waals surface area (Å²) in [6, 6.07) is 0.518. The topological polar surface area (TPSA) is 39.1 Å². The summed E-state index contributed by atoms with van der Waals surface area (Å²) in [5.74, 6) is 0. The first kappa shape index (κ1) is 10.6. The quantitative estimate of drug-likeness (QED) is 0.804. The van der Waals surface area contributed by atoms with Gasteiger partial charge >= 0.3 is 0 Å². The van der Waals surface area contributed by atoms with Crippen molar-refractivity contribution >= 4 is 0 Å². The average molecular weight is 209 g/mol. The van der Waals surface area contributed by atoms with E-state index in [-0.39, 0.29) is 0 Å². The van der Waals surface area contributed by atoms with Crippen LogP contribution in [0.2, 0.25) is 0 Å². The summed E-state index contributed by atoms with van der Waals surface area (Å²) in [5, 5.41) is 7.92. The molecular formula is C11H19N3O. The maximum absolute atomic E-state index is 5.33. The van der Waals surface area contributed by atoms with Crippen molar-refractivity contribution in [3.05, 3.63) is 17.0 Å². The summed E-state index contributed by atoms with van der Waals surface area (Å²) < 4.78 is 7.27. The van der Waals surface area contributed by atoms with E-state index >= 15 is 0 Å². The Morgan fingerprint density at radius 3 is 2.87 bits per heavy atom. The normalized spacial score (nSPS) is 21.1. The highest BCUT2D eigenvalue weighted by molar-refractivity contribution is 5.24. The molecule has 0 spiro atoms. The van der Waals surface area contributed by atoms with Crippen LogP contribution in [0.5, 0.6) is 0 Å². The minimum Gasteiger partial charge on any atom is -0.380 e. The molecule has 0 amide bonds. The molecule has 1 aromatic rings. The molecule has 1 atom stereocenters. The molecule has 1 aromatic heterocycles. The zero-order chi connectivity index (χ0) is 10.8. The Hall–Kier alpha value is -0.870. The SMILES string of the molecule is Cc1nn(C)c(C)c1CNC1CCOC1. The second-order valence-corrected chi connectivity index (χ2v) is 4.21. The number of nitrogens with one attached hydrogen (secondary N) is 1. The molecule has 4 nitrogen and oxygen atoms in total. The number of nitrogens with zero attached hydrogens (tertiary/aromatic N) is 2. The van der Waals surface area contributed by atoms with Gasteiger partial charge in [-0.2, -0.15) is 5.10 Å². The van der Waals surface area contributed by atoms with Gasteiger partial charge in [-0.1, -0.05) is 0 Å². The maximum atomic E-state index is 5.33. The van der Waals surface area contributed by atoms with Gasteiger partial charge in [0.25, 0.3) is 0 Å². The lowest BCUT2D eigenvalue weighted by Gasteiger charge is -2.10. The summed E-state index contributed by atoms with van der Waals surface area (Å²) in [6.45, 7) is 6.82. The van der Waals surface area contributed by atoms with Gasteiger partial charge in [-0.15, -0.1) is 0 Å². The Balaban J connectivity index is 1.97. The summed E-state index contributed by atoms with van der Waals surface area (Å²) in [5.41, 5.74) is 3.70. The van der Waals surface area contributed by atoms with Gasteiger partial charge < -0.3 is 10.1 Å². The predicted molar refractivity (Wildman–Crippen MR) is 58.7 cm³/mol. The van der Waals surface area contributed by atoms with Crippen molar-refractivity contribution in [3.8, 4) is 0 Å². The zero-order valence-electron chi connectivity index (χ0n) is 9.71. The highest BCUT2D eigenvalue weighted by Gasteiger charge is 2.16. The van der Waals surface area contributed by atoms with Gasteiger partial charge in [0.05, 0.1) is 12.3 Å². The first-order valence-corrected chi connectivity index (χ1v) is 5.48. The Kier molecular flexibility index (Phi) is 3.07. The molecule has 1 fully saturated rings. The molecule has 84 valence electrons. The van der Waals surface area contributed by atoms with Crippen molar-refractivity contribution < 1.29 is 4.74 Å². The highest BCUT2D eigenvalue weighted by Crippen LogP contribution is 2.12. The molecule has 1 N–H and O–H groups in total. The van der Waals surface area contributed by atoms with Crippen molar-refractivity contribution in [2.75, 3.05) is 13.2 Å². The van der Waals surface area contributed by atoms with Crippen molar-refractivity contribution in [1.82, 2.24) is 15.1 Å². The third kappa shape index (κ3) is 2.21. The van der Waals surface area contributed by atoms with Crippen LogP contribution in [0, 0.1) is 13.8 Å². The third-order valence-electron chi connectivity index (χ3n) is 3.16. The maximum Gasteiger partial charge on any atom is 0.0641 e. The van der Waals surface area contributed by atoms with Gasteiger partial charge in [0.1, 0.15) is 0 Å². The van der Waals surface area contributed by atoms with Gasteiger partial charge in [0.2, 0.25) is 0 Å². The summed E-state index contributed by atoms with van der Waals surface area (Å²) in [7, 11) is 1.99. The fourth-order valence-electron chi connectivity index (χ4n) is 2.02. The molecule has 0 radical (unpaired) electrons. The van der Waals surface area contributed by atoms with Crippen molar-refractivity contribution in [2.45, 2.75) is 32.9 Å². The second kappa shape index (κ2) is 4.33. The van der Waals surface area contributed by atoms with E-state index < -0.39 is 0 Å². The number of aromatic nitrogens is 2. The van der Waals surface area contributed by atoms with Crippen LogP contribution in [-0.4, -0.2) is 29.0 Å². The van der Waals surface area contributed by atoms with E-state index in [0.29, 0.717) is 6.04 Å². The van der Waals surface area contributed by atoms with E-state index in [1.54, 1.807) is 0 Å². The van der Waals surface area contributed by atoms with Gasteiger partial charge in [-0.3, -0.25) is 4.68 Å². The molecule has 1 aliphatic rings. The summed E-state index contributed by atoms with van der Waals surface area (Å²) >= 11 is 0. The molecule has 0 bridgehead atoms. The Bertz CT molecular complexity index is 340. The molecule has 1 unspecified atom stereocenters. The third-order valence-corrected chi connectivity index (χ3v) is 3.16. The number of hydrogen-bond donors (Lipinski definition) is 1. The minimum absolute atomic E-state index is 0.518. The standard InChI is InChI=1S/C11H19N3O/c1-8-11(9(2)14(3)13-8)6-12-10-4-5-15-7-10/h10,12H,4-7H2,1-3H3. The first-order chi connectivity index (χ1) is 7.18. The van der Waals surface area contributed by atoms with Crippen LogP contribution in [0.25, 0.3) is 0 Å². The molecule has 2 rings (SSSR count). The molecule has 1 aliphatic heterocycles. The molecule has 0 saturated carbocycles. The number of aryl methyl sites for hydroxylation is 2. The molecule has 1 saturated heterocycles. The highest BCUT2D eigenvalue weighted by atomic mass is 16.5. The lowest BCUT2D eigenvalue weighted by atomic mass is 10.2. The molecule has 0 aromatic carbocycles. The fraction of sp³-hybridized carbons (Fsp3) is 0.727. The fourth-order valence-corrected chi connectivity index (χ4v) is 2.02. The van der Waals surface area contributed by atoms with E-state index in [1.807, 2.05) is 11.7 Å². The van der Waals surface area contributed by atoms with Crippen LogP contribution < -0.4 is 5.32 Å². The summed E-state index contributed by atoms with van der Waals surface area (Å²) in [6.07, 6.45) is 1.12. The van der Waals surface area contributed by atoms with Crippen molar-refractivity contribution in [1.29, 1.82) is 0 Å². The first-order valence-electron chi connectivity index (χ1n) is 5.48. The van der Waals surface area contributed by atoms with E-state index in [1.165, 1.54) is 11.3 Å². The molecule has 4 heteroatoms. The Morgan fingerprint density at radius 1 is 1.53 bits per heavy atom. The van der Waals surface area contributed by atoms with E-state index in [4.69, 9.17) is 4.74 Å². The van der Waals surface area contributed by atoms with Crippen LogP contribution in [0.4, 0.5) is 0 Å². The minimum atomic E-state index is 0.518. The summed E-state index contributed by atoms with van der Waals surface area (Å²) in [4.78, 5) is 0. The monoisotopic (exact) mass is 209 g/mol. The molecule has 15 heavy (non-hydrogen) atoms. The lowest BCUT2D eigenvalue weighted by Crippen LogP contribution is -2.28. The van der Waals surface area contributed by atoms with Gasteiger partial charge in [0.15, 0.2) is 0 Å². The predicted octanol–water partition coefficient (Wildman–Crippen LogP) is 0.915. The van der Waals surface area contributed by atoms with Crippen LogP contribution in [0.3, 0.4) is 0 Å². The van der Waals surface area contributed by atoms with E-state index in [2.05, 4.69) is 24.3 Å². The van der Waals surface area contributed by atoms with Crippen LogP contribution in [0.15, 0.2) is 0 Å².